The Morgan fingerprint density at radius 1 is 1.11 bits per heavy atom. The standard InChI is InChI=1S/C15H24N2O2/c1-9-4-3-5-12(8-9)17-10(2)14(18)16-13(15(17)19)11-6-7-11/h9-13H,3-8H2,1-2H3,(H,16,18). The molecule has 2 amide bonds. The molecule has 4 nitrogen and oxygen atoms in total. The smallest absolute Gasteiger partial charge is 0.246 e. The van der Waals surface area contributed by atoms with Crippen LogP contribution in [0.1, 0.15) is 52.4 Å². The van der Waals surface area contributed by atoms with E-state index in [4.69, 9.17) is 0 Å². The molecule has 3 aliphatic rings. The third kappa shape index (κ3) is 2.37. The van der Waals surface area contributed by atoms with E-state index in [1.807, 2.05) is 11.8 Å². The van der Waals surface area contributed by atoms with Gasteiger partial charge in [-0.05, 0) is 44.4 Å². The number of carbonyl (C=O) groups is 2. The van der Waals surface area contributed by atoms with Crippen LogP contribution in [-0.2, 0) is 9.59 Å². The maximum atomic E-state index is 12.7. The number of hydrogen-bond acceptors (Lipinski definition) is 2. The highest BCUT2D eigenvalue weighted by molar-refractivity contribution is 5.97. The van der Waals surface area contributed by atoms with Gasteiger partial charge in [-0.2, -0.15) is 0 Å². The fourth-order valence-corrected chi connectivity index (χ4v) is 3.71. The minimum Gasteiger partial charge on any atom is -0.342 e. The van der Waals surface area contributed by atoms with Crippen LogP contribution >= 0.6 is 0 Å². The summed E-state index contributed by atoms with van der Waals surface area (Å²) in [5.74, 6) is 1.28. The van der Waals surface area contributed by atoms with Crippen LogP contribution in [0.4, 0.5) is 0 Å². The van der Waals surface area contributed by atoms with E-state index in [2.05, 4.69) is 12.2 Å². The summed E-state index contributed by atoms with van der Waals surface area (Å²) in [5.41, 5.74) is 0. The van der Waals surface area contributed by atoms with Crippen molar-refractivity contribution in [2.75, 3.05) is 0 Å². The van der Waals surface area contributed by atoms with Crippen molar-refractivity contribution in [3.63, 3.8) is 0 Å². The molecule has 2 saturated carbocycles. The third-order valence-electron chi connectivity index (χ3n) is 5.01. The Morgan fingerprint density at radius 2 is 1.84 bits per heavy atom. The van der Waals surface area contributed by atoms with E-state index < -0.39 is 0 Å². The molecule has 4 unspecified atom stereocenters. The average Bonchev–Trinajstić information content (AvgIpc) is 3.18. The second-order valence-corrected chi connectivity index (χ2v) is 6.67. The van der Waals surface area contributed by atoms with Gasteiger partial charge in [-0.25, -0.2) is 0 Å². The van der Waals surface area contributed by atoms with Crippen molar-refractivity contribution in [3.8, 4) is 0 Å². The summed E-state index contributed by atoms with van der Waals surface area (Å²) in [6, 6.07) is -0.253. The van der Waals surface area contributed by atoms with E-state index in [1.165, 1.54) is 12.8 Å². The number of carbonyl (C=O) groups excluding carboxylic acids is 2. The summed E-state index contributed by atoms with van der Waals surface area (Å²) >= 11 is 0. The quantitative estimate of drug-likeness (QED) is 0.825. The number of rotatable bonds is 2. The number of nitrogens with one attached hydrogen (secondary N) is 1. The van der Waals surface area contributed by atoms with Gasteiger partial charge in [-0.1, -0.05) is 19.8 Å². The Hall–Kier alpha value is -1.06. The van der Waals surface area contributed by atoms with E-state index in [-0.39, 0.29) is 29.9 Å². The third-order valence-corrected chi connectivity index (χ3v) is 5.01. The van der Waals surface area contributed by atoms with Crippen LogP contribution in [0.2, 0.25) is 0 Å². The molecule has 1 saturated heterocycles. The maximum Gasteiger partial charge on any atom is 0.246 e. The van der Waals surface area contributed by atoms with Gasteiger partial charge in [0.15, 0.2) is 0 Å². The second-order valence-electron chi connectivity index (χ2n) is 6.67. The molecule has 106 valence electrons. The zero-order valence-electron chi connectivity index (χ0n) is 11.9. The van der Waals surface area contributed by atoms with Crippen LogP contribution in [0.15, 0.2) is 0 Å². The van der Waals surface area contributed by atoms with Gasteiger partial charge in [0.2, 0.25) is 11.8 Å². The summed E-state index contributed by atoms with van der Waals surface area (Å²) in [6.07, 6.45) is 6.72. The van der Waals surface area contributed by atoms with E-state index >= 15 is 0 Å². The van der Waals surface area contributed by atoms with Crippen molar-refractivity contribution in [2.24, 2.45) is 11.8 Å². The lowest BCUT2D eigenvalue weighted by atomic mass is 9.84. The normalized spacial score (nSPS) is 40.2. The summed E-state index contributed by atoms with van der Waals surface area (Å²) in [6.45, 7) is 4.12. The zero-order valence-corrected chi connectivity index (χ0v) is 11.9. The van der Waals surface area contributed by atoms with Crippen LogP contribution in [0.3, 0.4) is 0 Å². The first kappa shape index (κ1) is 12.9. The topological polar surface area (TPSA) is 49.4 Å². The van der Waals surface area contributed by atoms with Gasteiger partial charge in [0.05, 0.1) is 0 Å². The number of piperazine rings is 1. The van der Waals surface area contributed by atoms with Crippen LogP contribution < -0.4 is 5.32 Å². The van der Waals surface area contributed by atoms with Crippen molar-refractivity contribution in [1.82, 2.24) is 10.2 Å². The first-order valence-corrected chi connectivity index (χ1v) is 7.70. The van der Waals surface area contributed by atoms with Gasteiger partial charge >= 0.3 is 0 Å². The van der Waals surface area contributed by atoms with Gasteiger partial charge in [-0.3, -0.25) is 9.59 Å². The molecule has 0 spiro atoms. The molecule has 0 aromatic rings. The number of hydrogen-bond donors (Lipinski definition) is 1. The number of amides is 2. The molecule has 0 aromatic carbocycles. The van der Waals surface area contributed by atoms with Crippen LogP contribution in [0.25, 0.3) is 0 Å². The molecule has 0 aromatic heterocycles. The largest absolute Gasteiger partial charge is 0.342 e. The first-order chi connectivity index (χ1) is 9.08. The van der Waals surface area contributed by atoms with Crippen molar-refractivity contribution >= 4 is 11.8 Å². The predicted octanol–water partition coefficient (Wildman–Crippen LogP) is 1.69. The van der Waals surface area contributed by atoms with Crippen LogP contribution in [-0.4, -0.2) is 34.8 Å². The monoisotopic (exact) mass is 264 g/mol. The Bertz CT molecular complexity index is 392. The molecule has 4 atom stereocenters. The Kier molecular flexibility index (Phi) is 3.27. The minimum atomic E-state index is -0.294. The van der Waals surface area contributed by atoms with Crippen molar-refractivity contribution in [1.29, 1.82) is 0 Å². The molecule has 19 heavy (non-hydrogen) atoms. The molecule has 1 heterocycles. The van der Waals surface area contributed by atoms with Gasteiger partial charge in [0.25, 0.3) is 0 Å². The fourth-order valence-electron chi connectivity index (χ4n) is 3.71. The Balaban J connectivity index is 1.79. The first-order valence-electron chi connectivity index (χ1n) is 7.70. The molecule has 0 radical (unpaired) electrons. The number of nitrogens with zero attached hydrogens (tertiary/aromatic N) is 1. The van der Waals surface area contributed by atoms with Gasteiger partial charge in [0.1, 0.15) is 12.1 Å². The van der Waals surface area contributed by atoms with Crippen molar-refractivity contribution in [3.05, 3.63) is 0 Å². The average molecular weight is 264 g/mol. The van der Waals surface area contributed by atoms with E-state index in [0.717, 1.165) is 25.7 Å². The van der Waals surface area contributed by atoms with Crippen LogP contribution in [0, 0.1) is 11.8 Å². The van der Waals surface area contributed by atoms with Crippen LogP contribution in [0.5, 0.6) is 0 Å². The summed E-state index contributed by atoms with van der Waals surface area (Å²) in [5, 5.41) is 2.93. The van der Waals surface area contributed by atoms with Gasteiger partial charge in [0, 0.05) is 6.04 Å². The lowest BCUT2D eigenvalue weighted by molar-refractivity contribution is -0.153. The summed E-state index contributed by atoms with van der Waals surface area (Å²) in [4.78, 5) is 26.7. The second kappa shape index (κ2) is 4.80. The van der Waals surface area contributed by atoms with Gasteiger partial charge < -0.3 is 10.2 Å². The molecule has 1 N–H and O–H groups in total. The molecule has 4 heteroatoms. The molecule has 0 bridgehead atoms. The zero-order chi connectivity index (χ0) is 13.6. The highest BCUT2D eigenvalue weighted by Crippen LogP contribution is 2.37. The molecule has 2 aliphatic carbocycles. The van der Waals surface area contributed by atoms with Gasteiger partial charge in [-0.15, -0.1) is 0 Å². The Labute approximate surface area is 114 Å². The summed E-state index contributed by atoms with van der Waals surface area (Å²) < 4.78 is 0. The fraction of sp³-hybridized carbons (Fsp3) is 0.867. The molecule has 3 fully saturated rings. The maximum absolute atomic E-state index is 12.7. The minimum absolute atomic E-state index is 0.0368. The Morgan fingerprint density at radius 3 is 2.47 bits per heavy atom. The SMILES string of the molecule is CC1CCCC(N2C(=O)C(C3CC3)NC(=O)C2C)C1. The van der Waals surface area contributed by atoms with E-state index in [1.54, 1.807) is 0 Å². The molecule has 3 rings (SSSR count). The van der Waals surface area contributed by atoms with E-state index in [9.17, 15) is 9.59 Å². The molecule has 1 aliphatic heterocycles. The highest BCUT2D eigenvalue weighted by Gasteiger charge is 2.47. The van der Waals surface area contributed by atoms with Crippen molar-refractivity contribution < 1.29 is 9.59 Å². The molecular weight excluding hydrogens is 240 g/mol. The predicted molar refractivity (Wildman–Crippen MR) is 72.4 cm³/mol. The van der Waals surface area contributed by atoms with Crippen molar-refractivity contribution in [2.45, 2.75) is 70.5 Å². The summed E-state index contributed by atoms with van der Waals surface area (Å²) in [7, 11) is 0. The highest BCUT2D eigenvalue weighted by atomic mass is 16.2. The van der Waals surface area contributed by atoms with E-state index in [0.29, 0.717) is 11.8 Å². The lowest BCUT2D eigenvalue weighted by Gasteiger charge is -2.44. The molecular formula is C15H24N2O2. The lowest BCUT2D eigenvalue weighted by Crippen LogP contribution is -2.65.